The summed E-state index contributed by atoms with van der Waals surface area (Å²) in [5, 5.41) is 13.8. The van der Waals surface area contributed by atoms with Crippen LogP contribution in [0.1, 0.15) is 77.5 Å². The van der Waals surface area contributed by atoms with Gasteiger partial charge in [-0.3, -0.25) is 14.4 Å². The van der Waals surface area contributed by atoms with Gasteiger partial charge in [-0.2, -0.15) is 0 Å². The quantitative estimate of drug-likeness (QED) is 0.407. The van der Waals surface area contributed by atoms with E-state index in [2.05, 4.69) is 5.32 Å². The summed E-state index contributed by atoms with van der Waals surface area (Å²) >= 11 is 0. The van der Waals surface area contributed by atoms with Gasteiger partial charge in [0.25, 0.3) is 11.8 Å². The highest BCUT2D eigenvalue weighted by Gasteiger charge is 2.47. The molecule has 222 valence electrons. The Morgan fingerprint density at radius 2 is 1.83 bits per heavy atom. The lowest BCUT2D eigenvalue weighted by Crippen LogP contribution is -2.52. The second kappa shape index (κ2) is 11.6. The first-order valence-corrected chi connectivity index (χ1v) is 13.9. The van der Waals surface area contributed by atoms with Crippen LogP contribution in [0.4, 0.5) is 13.2 Å². The normalized spacial score (nSPS) is 21.5. The summed E-state index contributed by atoms with van der Waals surface area (Å²) in [6.45, 7) is 3.09. The van der Waals surface area contributed by atoms with E-state index in [9.17, 15) is 32.7 Å². The molecule has 5 rings (SSSR count). The van der Waals surface area contributed by atoms with E-state index < -0.39 is 64.0 Å². The van der Waals surface area contributed by atoms with Crippen molar-refractivity contribution in [1.29, 1.82) is 0 Å². The SMILES string of the molecule is CCC[C@H]1CC[C@](C)(O)[C@H]2CN1C(=O)c1c(OCc3ccccc3)c(=O)c(C(=O)NCc3c(F)cc(F)cc3F)cn12. The van der Waals surface area contributed by atoms with Gasteiger partial charge >= 0.3 is 0 Å². The number of hydrogen-bond acceptors (Lipinski definition) is 5. The van der Waals surface area contributed by atoms with Crippen molar-refractivity contribution < 1.29 is 32.6 Å². The van der Waals surface area contributed by atoms with Gasteiger partial charge in [0.2, 0.25) is 5.43 Å². The number of aliphatic hydroxyl groups is 1. The van der Waals surface area contributed by atoms with Gasteiger partial charge in [-0.25, -0.2) is 13.2 Å². The molecule has 11 heteroatoms. The number of aromatic nitrogens is 1. The van der Waals surface area contributed by atoms with Crippen LogP contribution in [-0.4, -0.2) is 44.6 Å². The van der Waals surface area contributed by atoms with E-state index in [1.54, 1.807) is 36.1 Å². The lowest BCUT2D eigenvalue weighted by atomic mass is 9.90. The number of hydrogen-bond donors (Lipinski definition) is 2. The number of rotatable bonds is 8. The first-order valence-electron chi connectivity index (χ1n) is 13.9. The number of carbonyl (C=O) groups is 2. The van der Waals surface area contributed by atoms with Gasteiger partial charge in [0.05, 0.1) is 11.6 Å². The fraction of sp³-hybridized carbons (Fsp3) is 0.387. The van der Waals surface area contributed by atoms with Crippen molar-refractivity contribution in [2.45, 2.75) is 70.4 Å². The van der Waals surface area contributed by atoms with Gasteiger partial charge in [0.15, 0.2) is 11.4 Å². The lowest BCUT2D eigenvalue weighted by Gasteiger charge is -2.42. The van der Waals surface area contributed by atoms with E-state index in [1.807, 2.05) is 13.0 Å². The Morgan fingerprint density at radius 3 is 2.50 bits per heavy atom. The predicted octanol–water partition coefficient (Wildman–Crippen LogP) is 4.49. The zero-order valence-corrected chi connectivity index (χ0v) is 23.3. The van der Waals surface area contributed by atoms with Crippen molar-refractivity contribution >= 4 is 11.8 Å². The van der Waals surface area contributed by atoms with Crippen molar-refractivity contribution in [3.8, 4) is 5.75 Å². The molecule has 0 spiro atoms. The maximum atomic E-state index is 14.2. The molecule has 2 aliphatic heterocycles. The van der Waals surface area contributed by atoms with Crippen molar-refractivity contribution in [3.63, 3.8) is 0 Å². The molecule has 3 heterocycles. The van der Waals surface area contributed by atoms with E-state index in [4.69, 9.17) is 4.74 Å². The summed E-state index contributed by atoms with van der Waals surface area (Å²) in [6.07, 6.45) is 3.68. The van der Waals surface area contributed by atoms with Gasteiger partial charge in [-0.15, -0.1) is 0 Å². The van der Waals surface area contributed by atoms with Crippen LogP contribution in [0.5, 0.6) is 5.75 Å². The lowest BCUT2D eigenvalue weighted by molar-refractivity contribution is -0.00871. The Morgan fingerprint density at radius 1 is 1.14 bits per heavy atom. The zero-order chi connectivity index (χ0) is 30.2. The van der Waals surface area contributed by atoms with Crippen molar-refractivity contribution in [2.24, 2.45) is 0 Å². The van der Waals surface area contributed by atoms with Crippen LogP contribution >= 0.6 is 0 Å². The number of halogens is 3. The molecule has 2 aromatic carbocycles. The Kier molecular flexibility index (Phi) is 8.14. The molecule has 8 nitrogen and oxygen atoms in total. The maximum absolute atomic E-state index is 14.2. The summed E-state index contributed by atoms with van der Waals surface area (Å²) in [4.78, 5) is 42.7. The van der Waals surface area contributed by atoms with Crippen LogP contribution in [-0.2, 0) is 13.2 Å². The second-order valence-electron chi connectivity index (χ2n) is 11.1. The summed E-state index contributed by atoms with van der Waals surface area (Å²) in [7, 11) is 0. The van der Waals surface area contributed by atoms with Crippen LogP contribution in [0.2, 0.25) is 0 Å². The fourth-order valence-electron chi connectivity index (χ4n) is 5.81. The molecule has 42 heavy (non-hydrogen) atoms. The molecular weight excluding hydrogens is 551 g/mol. The summed E-state index contributed by atoms with van der Waals surface area (Å²) in [6, 6.07) is 9.08. The Labute approximate surface area is 240 Å². The average Bonchev–Trinajstić information content (AvgIpc) is 3.05. The molecular formula is C31H32F3N3O5. The molecule has 3 aromatic rings. The Hall–Kier alpha value is -4.12. The van der Waals surface area contributed by atoms with E-state index in [0.717, 1.165) is 12.8 Å². The van der Waals surface area contributed by atoms with Gasteiger partial charge in [0.1, 0.15) is 29.6 Å². The first kappa shape index (κ1) is 29.4. The number of fused-ring (bicyclic) bond motifs is 4. The molecule has 0 radical (unpaired) electrons. The highest BCUT2D eigenvalue weighted by atomic mass is 19.1. The van der Waals surface area contributed by atoms with Crippen molar-refractivity contribution in [2.75, 3.05) is 6.54 Å². The second-order valence-corrected chi connectivity index (χ2v) is 11.1. The van der Waals surface area contributed by atoms with Crippen LogP contribution in [0.25, 0.3) is 0 Å². The largest absolute Gasteiger partial charge is 0.483 e. The predicted molar refractivity (Wildman–Crippen MR) is 148 cm³/mol. The van der Waals surface area contributed by atoms with Gasteiger partial charge in [0, 0.05) is 43.0 Å². The topological polar surface area (TPSA) is 101 Å². The average molecular weight is 584 g/mol. The molecule has 2 N–H and O–H groups in total. The van der Waals surface area contributed by atoms with Crippen LogP contribution < -0.4 is 15.5 Å². The summed E-state index contributed by atoms with van der Waals surface area (Å²) in [5.74, 6) is -5.26. The highest BCUT2D eigenvalue weighted by Crippen LogP contribution is 2.41. The van der Waals surface area contributed by atoms with E-state index >= 15 is 0 Å². The highest BCUT2D eigenvalue weighted by molar-refractivity contribution is 5.99. The van der Waals surface area contributed by atoms with Gasteiger partial charge in [-0.05, 0) is 31.7 Å². The van der Waals surface area contributed by atoms with Gasteiger partial charge < -0.3 is 24.6 Å². The zero-order valence-electron chi connectivity index (χ0n) is 23.3. The monoisotopic (exact) mass is 583 g/mol. The Bertz CT molecular complexity index is 1550. The first-order chi connectivity index (χ1) is 20.0. The minimum absolute atomic E-state index is 0.0670. The number of pyridine rings is 1. The standard InChI is InChI=1S/C31H32F3N3O5/c1-3-7-20-10-11-31(2,41)25-16-36(20)30(40)26-28(42-17-18-8-5-4-6-9-18)27(38)22(15-37(25)26)29(39)35-14-21-23(33)12-19(32)13-24(21)34/h4-6,8-9,12-13,15,20,25,41H,3,7,10-11,14,16-17H2,1-2H3,(H,35,39)/t20-,25+,31-/m0/s1. The fourth-order valence-corrected chi connectivity index (χ4v) is 5.81. The van der Waals surface area contributed by atoms with Crippen molar-refractivity contribution in [3.05, 3.63) is 98.7 Å². The molecule has 0 saturated carbocycles. The smallest absolute Gasteiger partial charge is 0.274 e. The molecule has 1 aromatic heterocycles. The molecule has 0 unspecified atom stereocenters. The minimum Gasteiger partial charge on any atom is -0.483 e. The third-order valence-corrected chi connectivity index (χ3v) is 8.13. The molecule has 2 bridgehead atoms. The van der Waals surface area contributed by atoms with E-state index in [-0.39, 0.29) is 30.6 Å². The minimum atomic E-state index is -1.30. The number of amides is 2. The van der Waals surface area contributed by atoms with Crippen LogP contribution in [0.3, 0.4) is 0 Å². The van der Waals surface area contributed by atoms with E-state index in [1.165, 1.54) is 10.8 Å². The van der Waals surface area contributed by atoms with Crippen LogP contribution in [0, 0.1) is 17.5 Å². The molecule has 3 atom stereocenters. The molecule has 1 fully saturated rings. The van der Waals surface area contributed by atoms with Crippen molar-refractivity contribution in [1.82, 2.24) is 14.8 Å². The maximum Gasteiger partial charge on any atom is 0.274 e. The molecule has 2 amide bonds. The summed E-state index contributed by atoms with van der Waals surface area (Å²) < 4.78 is 49.1. The molecule has 2 aliphatic rings. The third kappa shape index (κ3) is 5.53. The number of benzene rings is 2. The number of ether oxygens (including phenoxy) is 1. The molecule has 1 saturated heterocycles. The number of nitrogens with zero attached hydrogens (tertiary/aromatic N) is 2. The molecule has 0 aliphatic carbocycles. The Balaban J connectivity index is 1.59. The number of carbonyl (C=O) groups excluding carboxylic acids is 2. The summed E-state index contributed by atoms with van der Waals surface area (Å²) in [5.41, 5.74) is -2.54. The van der Waals surface area contributed by atoms with Crippen LogP contribution in [0.15, 0.2) is 53.5 Å². The number of nitrogens with one attached hydrogen (secondary N) is 1. The van der Waals surface area contributed by atoms with Gasteiger partial charge in [-0.1, -0.05) is 43.7 Å². The van der Waals surface area contributed by atoms with E-state index in [0.29, 0.717) is 30.5 Å². The third-order valence-electron chi connectivity index (χ3n) is 8.13.